The maximum atomic E-state index is 11.1. The zero-order valence-corrected chi connectivity index (χ0v) is 10.6. The molecule has 0 aromatic carbocycles. The third-order valence-electron chi connectivity index (χ3n) is 3.20. The van der Waals surface area contributed by atoms with Crippen LogP contribution in [0.3, 0.4) is 0 Å². The van der Waals surface area contributed by atoms with Gasteiger partial charge in [0.05, 0.1) is 0 Å². The summed E-state index contributed by atoms with van der Waals surface area (Å²) in [7, 11) is 0. The Balaban J connectivity index is 2.00. The van der Waals surface area contributed by atoms with Crippen LogP contribution in [0.15, 0.2) is 12.3 Å². The van der Waals surface area contributed by atoms with Gasteiger partial charge in [0, 0.05) is 31.7 Å². The molecule has 1 aromatic heterocycles. The first-order chi connectivity index (χ1) is 8.70. The van der Waals surface area contributed by atoms with Crippen LogP contribution in [0.5, 0.6) is 0 Å². The summed E-state index contributed by atoms with van der Waals surface area (Å²) in [6, 6.07) is 1.89. The normalized spacial score (nSPS) is 16.6. The number of primary amides is 1. The Morgan fingerprint density at radius 1 is 1.56 bits per heavy atom. The zero-order chi connectivity index (χ0) is 13.0. The second-order valence-corrected chi connectivity index (χ2v) is 4.43. The fourth-order valence-electron chi connectivity index (χ4n) is 2.16. The van der Waals surface area contributed by atoms with Gasteiger partial charge in [-0.1, -0.05) is 0 Å². The Bertz CT molecular complexity index is 415. The Morgan fingerprint density at radius 2 is 2.28 bits per heavy atom. The minimum absolute atomic E-state index is 0.0105. The molecule has 98 valence electrons. The van der Waals surface area contributed by atoms with Gasteiger partial charge in [-0.2, -0.15) is 4.98 Å². The summed E-state index contributed by atoms with van der Waals surface area (Å²) in [5, 5.41) is 3.09. The molecule has 1 aromatic rings. The molecule has 0 bridgehead atoms. The molecule has 0 spiro atoms. The van der Waals surface area contributed by atoms with E-state index >= 15 is 0 Å². The molecule has 1 amide bonds. The summed E-state index contributed by atoms with van der Waals surface area (Å²) < 4.78 is 0. The van der Waals surface area contributed by atoms with Gasteiger partial charge in [-0.15, -0.1) is 0 Å². The van der Waals surface area contributed by atoms with Crippen LogP contribution in [0.25, 0.3) is 0 Å². The van der Waals surface area contributed by atoms with E-state index in [1.165, 1.54) is 0 Å². The van der Waals surface area contributed by atoms with Gasteiger partial charge in [0.1, 0.15) is 5.82 Å². The highest BCUT2D eigenvalue weighted by Crippen LogP contribution is 2.21. The molecule has 2 heterocycles. The number of aromatic nitrogens is 2. The van der Waals surface area contributed by atoms with Gasteiger partial charge in [-0.3, -0.25) is 4.79 Å². The van der Waals surface area contributed by atoms with Crippen molar-refractivity contribution < 1.29 is 4.79 Å². The van der Waals surface area contributed by atoms with E-state index in [4.69, 9.17) is 5.73 Å². The van der Waals surface area contributed by atoms with Crippen molar-refractivity contribution in [2.45, 2.75) is 19.8 Å². The Labute approximate surface area is 107 Å². The van der Waals surface area contributed by atoms with Crippen LogP contribution < -0.4 is 16.0 Å². The number of nitrogens with zero attached hydrogens (tertiary/aromatic N) is 3. The van der Waals surface area contributed by atoms with Crippen molar-refractivity contribution in [3.05, 3.63) is 12.3 Å². The number of nitrogens with one attached hydrogen (secondary N) is 1. The van der Waals surface area contributed by atoms with E-state index in [0.29, 0.717) is 5.95 Å². The molecule has 0 atom stereocenters. The standard InChI is InChI=1S/C12H19N5O/c1-2-14-12-15-6-3-10(16-12)17-7-4-9(5-8-17)11(13)18/h3,6,9H,2,4-5,7-8H2,1H3,(H2,13,18)(H,14,15,16). The topological polar surface area (TPSA) is 84.1 Å². The molecule has 1 aliphatic heterocycles. The van der Waals surface area contributed by atoms with Crippen LogP contribution in [-0.4, -0.2) is 35.5 Å². The summed E-state index contributed by atoms with van der Waals surface area (Å²) in [5.41, 5.74) is 5.32. The predicted molar refractivity (Wildman–Crippen MR) is 70.3 cm³/mol. The number of hydrogen-bond donors (Lipinski definition) is 2. The van der Waals surface area contributed by atoms with E-state index in [9.17, 15) is 4.79 Å². The molecule has 6 nitrogen and oxygen atoms in total. The highest BCUT2D eigenvalue weighted by Gasteiger charge is 2.23. The van der Waals surface area contributed by atoms with Crippen molar-refractivity contribution in [2.75, 3.05) is 29.9 Å². The minimum atomic E-state index is -0.189. The predicted octanol–water partition coefficient (Wildman–Crippen LogP) is 0.610. The van der Waals surface area contributed by atoms with Gasteiger partial charge < -0.3 is 16.0 Å². The molecule has 1 fully saturated rings. The molecule has 1 aliphatic rings. The Morgan fingerprint density at radius 3 is 2.89 bits per heavy atom. The van der Waals surface area contributed by atoms with Crippen LogP contribution in [0.1, 0.15) is 19.8 Å². The van der Waals surface area contributed by atoms with Gasteiger partial charge in [0.15, 0.2) is 0 Å². The second-order valence-electron chi connectivity index (χ2n) is 4.43. The van der Waals surface area contributed by atoms with E-state index in [1.54, 1.807) is 6.20 Å². The number of amides is 1. The first-order valence-corrected chi connectivity index (χ1v) is 6.32. The van der Waals surface area contributed by atoms with E-state index in [2.05, 4.69) is 20.2 Å². The number of hydrogen-bond acceptors (Lipinski definition) is 5. The summed E-state index contributed by atoms with van der Waals surface area (Å²) in [4.78, 5) is 21.9. The summed E-state index contributed by atoms with van der Waals surface area (Å²) in [6.45, 7) is 4.44. The van der Waals surface area contributed by atoms with Crippen molar-refractivity contribution in [3.8, 4) is 0 Å². The molecular weight excluding hydrogens is 230 g/mol. The molecular formula is C12H19N5O. The number of piperidine rings is 1. The molecule has 1 saturated heterocycles. The number of carbonyl (C=O) groups excluding carboxylic acids is 1. The average Bonchev–Trinajstić information content (AvgIpc) is 2.39. The highest BCUT2D eigenvalue weighted by molar-refractivity contribution is 5.76. The number of nitrogens with two attached hydrogens (primary N) is 1. The maximum Gasteiger partial charge on any atom is 0.224 e. The lowest BCUT2D eigenvalue weighted by Crippen LogP contribution is -2.39. The Hall–Kier alpha value is -1.85. The fourth-order valence-corrected chi connectivity index (χ4v) is 2.16. The number of carbonyl (C=O) groups is 1. The number of rotatable bonds is 4. The average molecular weight is 249 g/mol. The van der Waals surface area contributed by atoms with Gasteiger partial charge in [0.2, 0.25) is 11.9 Å². The summed E-state index contributed by atoms with van der Waals surface area (Å²) in [6.07, 6.45) is 3.35. The van der Waals surface area contributed by atoms with Crippen molar-refractivity contribution in [2.24, 2.45) is 11.7 Å². The second kappa shape index (κ2) is 5.66. The van der Waals surface area contributed by atoms with Crippen molar-refractivity contribution >= 4 is 17.7 Å². The minimum Gasteiger partial charge on any atom is -0.369 e. The van der Waals surface area contributed by atoms with Crippen LogP contribution in [0.2, 0.25) is 0 Å². The molecule has 0 aliphatic carbocycles. The van der Waals surface area contributed by atoms with E-state index in [0.717, 1.165) is 38.3 Å². The summed E-state index contributed by atoms with van der Waals surface area (Å²) >= 11 is 0. The molecule has 18 heavy (non-hydrogen) atoms. The fraction of sp³-hybridized carbons (Fsp3) is 0.583. The first-order valence-electron chi connectivity index (χ1n) is 6.32. The van der Waals surface area contributed by atoms with E-state index in [1.807, 2.05) is 13.0 Å². The number of anilines is 2. The van der Waals surface area contributed by atoms with Crippen LogP contribution in [-0.2, 0) is 4.79 Å². The van der Waals surface area contributed by atoms with Crippen molar-refractivity contribution in [1.82, 2.24) is 9.97 Å². The maximum absolute atomic E-state index is 11.1. The monoisotopic (exact) mass is 249 g/mol. The lowest BCUT2D eigenvalue weighted by molar-refractivity contribution is -0.122. The molecule has 2 rings (SSSR count). The van der Waals surface area contributed by atoms with E-state index in [-0.39, 0.29) is 11.8 Å². The summed E-state index contributed by atoms with van der Waals surface area (Å²) in [5.74, 6) is 1.37. The lowest BCUT2D eigenvalue weighted by atomic mass is 9.96. The van der Waals surface area contributed by atoms with Crippen molar-refractivity contribution in [1.29, 1.82) is 0 Å². The lowest BCUT2D eigenvalue weighted by Gasteiger charge is -2.31. The SMILES string of the molecule is CCNc1nccc(N2CCC(C(N)=O)CC2)n1. The molecule has 0 saturated carbocycles. The zero-order valence-electron chi connectivity index (χ0n) is 10.6. The Kier molecular flexibility index (Phi) is 3.96. The molecule has 6 heteroatoms. The van der Waals surface area contributed by atoms with Gasteiger partial charge in [-0.05, 0) is 25.8 Å². The van der Waals surface area contributed by atoms with Gasteiger partial charge >= 0.3 is 0 Å². The molecule has 0 radical (unpaired) electrons. The smallest absolute Gasteiger partial charge is 0.224 e. The third-order valence-corrected chi connectivity index (χ3v) is 3.20. The van der Waals surface area contributed by atoms with Crippen LogP contribution in [0.4, 0.5) is 11.8 Å². The van der Waals surface area contributed by atoms with Gasteiger partial charge in [-0.25, -0.2) is 4.98 Å². The first kappa shape index (κ1) is 12.6. The molecule has 3 N–H and O–H groups in total. The quantitative estimate of drug-likeness (QED) is 0.816. The largest absolute Gasteiger partial charge is 0.369 e. The highest BCUT2D eigenvalue weighted by atomic mass is 16.1. The van der Waals surface area contributed by atoms with Crippen LogP contribution in [0, 0.1) is 5.92 Å². The third kappa shape index (κ3) is 2.88. The van der Waals surface area contributed by atoms with Crippen LogP contribution >= 0.6 is 0 Å². The van der Waals surface area contributed by atoms with E-state index < -0.39 is 0 Å². The van der Waals surface area contributed by atoms with Crippen molar-refractivity contribution in [3.63, 3.8) is 0 Å². The van der Waals surface area contributed by atoms with Gasteiger partial charge in [0.25, 0.3) is 0 Å². The molecule has 0 unspecified atom stereocenters.